The van der Waals surface area contributed by atoms with Crippen molar-refractivity contribution in [3.05, 3.63) is 17.5 Å². The molecule has 3 rings (SSSR count). The molecule has 0 aromatic carbocycles. The third-order valence-electron chi connectivity index (χ3n) is 5.63. The van der Waals surface area contributed by atoms with Gasteiger partial charge in [0.1, 0.15) is 0 Å². The number of esters is 1. The number of carbonyl (C=O) groups is 2. The lowest BCUT2D eigenvalue weighted by Gasteiger charge is -2.37. The van der Waals surface area contributed by atoms with Crippen LogP contribution in [0.1, 0.15) is 43.5 Å². The molecule has 1 atom stereocenters. The first kappa shape index (κ1) is 19.6. The molecule has 0 bridgehead atoms. The third-order valence-corrected chi connectivity index (χ3v) is 5.63. The number of aromatic nitrogens is 2. The van der Waals surface area contributed by atoms with E-state index in [1.165, 1.54) is 7.11 Å². The van der Waals surface area contributed by atoms with Crippen molar-refractivity contribution in [3.8, 4) is 0 Å². The Labute approximate surface area is 161 Å². The number of nitrogens with zero attached hydrogens (tertiary/aromatic N) is 4. The third kappa shape index (κ3) is 4.96. The molecular formula is C20H30N4O3. The Morgan fingerprint density at radius 3 is 2.41 bits per heavy atom. The van der Waals surface area contributed by atoms with E-state index >= 15 is 0 Å². The van der Waals surface area contributed by atoms with Gasteiger partial charge in [0.05, 0.1) is 13.0 Å². The first-order valence-corrected chi connectivity index (χ1v) is 9.89. The highest BCUT2D eigenvalue weighted by Gasteiger charge is 2.32. The van der Waals surface area contributed by atoms with Crippen molar-refractivity contribution >= 4 is 17.8 Å². The van der Waals surface area contributed by atoms with Crippen molar-refractivity contribution in [1.29, 1.82) is 0 Å². The predicted octanol–water partition coefficient (Wildman–Crippen LogP) is 2.11. The Bertz CT molecular complexity index is 666. The molecule has 2 aliphatic heterocycles. The number of anilines is 1. The molecule has 2 saturated heterocycles. The van der Waals surface area contributed by atoms with Crippen LogP contribution in [0.15, 0.2) is 6.07 Å². The van der Waals surface area contributed by atoms with Gasteiger partial charge >= 0.3 is 5.97 Å². The average Bonchev–Trinajstić information content (AvgIpc) is 2.67. The number of ether oxygens (including phenoxy) is 1. The van der Waals surface area contributed by atoms with Crippen LogP contribution in [0.3, 0.4) is 0 Å². The van der Waals surface area contributed by atoms with E-state index in [9.17, 15) is 9.59 Å². The van der Waals surface area contributed by atoms with Gasteiger partial charge < -0.3 is 14.5 Å². The fraction of sp³-hybridized carbons (Fsp3) is 0.700. The number of hydrogen-bond donors (Lipinski definition) is 0. The number of methoxy groups -OCH3 is 1. The van der Waals surface area contributed by atoms with E-state index < -0.39 is 0 Å². The van der Waals surface area contributed by atoms with Crippen LogP contribution in [0.2, 0.25) is 0 Å². The molecule has 0 saturated carbocycles. The van der Waals surface area contributed by atoms with E-state index in [2.05, 4.69) is 14.9 Å². The van der Waals surface area contributed by atoms with Gasteiger partial charge in [-0.3, -0.25) is 9.59 Å². The number of rotatable bonds is 4. The molecular weight excluding hydrogens is 344 g/mol. The summed E-state index contributed by atoms with van der Waals surface area (Å²) in [6.07, 6.45) is 4.10. The summed E-state index contributed by atoms with van der Waals surface area (Å²) in [4.78, 5) is 37.7. The second kappa shape index (κ2) is 8.67. The number of piperidine rings is 2. The van der Waals surface area contributed by atoms with Crippen LogP contribution in [0.5, 0.6) is 0 Å². The van der Waals surface area contributed by atoms with E-state index in [-0.39, 0.29) is 17.8 Å². The van der Waals surface area contributed by atoms with Gasteiger partial charge in [0.15, 0.2) is 0 Å². The maximum absolute atomic E-state index is 13.0. The zero-order chi connectivity index (χ0) is 19.4. The highest BCUT2D eigenvalue weighted by atomic mass is 16.5. The van der Waals surface area contributed by atoms with Crippen molar-refractivity contribution in [2.75, 3.05) is 38.2 Å². The molecule has 1 unspecified atom stereocenters. The van der Waals surface area contributed by atoms with Gasteiger partial charge in [0.25, 0.3) is 0 Å². The summed E-state index contributed by atoms with van der Waals surface area (Å²) >= 11 is 0. The number of hydrogen-bond acceptors (Lipinski definition) is 6. The average molecular weight is 374 g/mol. The summed E-state index contributed by atoms with van der Waals surface area (Å²) < 4.78 is 4.76. The molecule has 1 aromatic heterocycles. The molecule has 0 aliphatic carbocycles. The SMILES string of the molecule is COC(=O)CC1CCN(C(=O)C2CCCN(c3nc(C)cc(C)n3)C2)CC1. The highest BCUT2D eigenvalue weighted by Crippen LogP contribution is 2.26. The topological polar surface area (TPSA) is 75.6 Å². The van der Waals surface area contributed by atoms with Gasteiger partial charge in [-0.25, -0.2) is 9.97 Å². The number of aryl methyl sites for hydroxylation is 2. The van der Waals surface area contributed by atoms with Crippen LogP contribution in [0.4, 0.5) is 5.95 Å². The van der Waals surface area contributed by atoms with Crippen LogP contribution < -0.4 is 4.90 Å². The monoisotopic (exact) mass is 374 g/mol. The Morgan fingerprint density at radius 2 is 1.78 bits per heavy atom. The Balaban J connectivity index is 1.56. The standard InChI is InChI=1S/C20H30N4O3/c1-14-11-15(2)22-20(21-14)24-8-4-5-17(13-24)19(26)23-9-6-16(7-10-23)12-18(25)27-3/h11,16-17H,4-10,12-13H2,1-3H3. The van der Waals surface area contributed by atoms with Gasteiger partial charge in [0, 0.05) is 44.0 Å². The van der Waals surface area contributed by atoms with Crippen LogP contribution in [0.25, 0.3) is 0 Å². The summed E-state index contributed by atoms with van der Waals surface area (Å²) in [6.45, 7) is 7.00. The molecule has 0 radical (unpaired) electrons. The number of likely N-dealkylation sites (tertiary alicyclic amines) is 1. The van der Waals surface area contributed by atoms with Crippen molar-refractivity contribution in [1.82, 2.24) is 14.9 Å². The minimum Gasteiger partial charge on any atom is -0.469 e. The van der Waals surface area contributed by atoms with Crippen LogP contribution >= 0.6 is 0 Å². The van der Waals surface area contributed by atoms with E-state index in [0.717, 1.165) is 62.7 Å². The lowest BCUT2D eigenvalue weighted by Crippen LogP contribution is -2.47. The van der Waals surface area contributed by atoms with E-state index in [4.69, 9.17) is 4.74 Å². The zero-order valence-electron chi connectivity index (χ0n) is 16.6. The quantitative estimate of drug-likeness (QED) is 0.752. The second-order valence-electron chi connectivity index (χ2n) is 7.78. The van der Waals surface area contributed by atoms with Gasteiger partial charge in [-0.15, -0.1) is 0 Å². The van der Waals surface area contributed by atoms with E-state index in [1.807, 2.05) is 24.8 Å². The fourth-order valence-corrected chi connectivity index (χ4v) is 4.14. The molecule has 1 amide bonds. The lowest BCUT2D eigenvalue weighted by atomic mass is 9.91. The molecule has 0 N–H and O–H groups in total. The molecule has 27 heavy (non-hydrogen) atoms. The van der Waals surface area contributed by atoms with Crippen molar-refractivity contribution < 1.29 is 14.3 Å². The largest absolute Gasteiger partial charge is 0.469 e. The first-order valence-electron chi connectivity index (χ1n) is 9.89. The molecule has 3 heterocycles. The van der Waals surface area contributed by atoms with Gasteiger partial charge in [-0.05, 0) is 51.5 Å². The lowest BCUT2D eigenvalue weighted by molar-refractivity contribution is -0.142. The molecule has 1 aromatic rings. The summed E-state index contributed by atoms with van der Waals surface area (Å²) in [7, 11) is 1.43. The summed E-state index contributed by atoms with van der Waals surface area (Å²) in [5, 5.41) is 0. The van der Waals surface area contributed by atoms with Crippen LogP contribution in [-0.2, 0) is 14.3 Å². The Kier molecular flexibility index (Phi) is 6.29. The van der Waals surface area contributed by atoms with Crippen LogP contribution in [0, 0.1) is 25.7 Å². The number of carbonyl (C=O) groups excluding carboxylic acids is 2. The van der Waals surface area contributed by atoms with Gasteiger partial charge in [-0.2, -0.15) is 0 Å². The van der Waals surface area contributed by atoms with E-state index in [0.29, 0.717) is 18.9 Å². The molecule has 0 spiro atoms. The van der Waals surface area contributed by atoms with Gasteiger partial charge in [-0.1, -0.05) is 0 Å². The van der Waals surface area contributed by atoms with E-state index in [1.54, 1.807) is 0 Å². The molecule has 7 nitrogen and oxygen atoms in total. The first-order chi connectivity index (χ1) is 13.0. The highest BCUT2D eigenvalue weighted by molar-refractivity contribution is 5.80. The smallest absolute Gasteiger partial charge is 0.305 e. The van der Waals surface area contributed by atoms with Crippen molar-refractivity contribution in [3.63, 3.8) is 0 Å². The maximum Gasteiger partial charge on any atom is 0.305 e. The normalized spacial score (nSPS) is 21.2. The summed E-state index contributed by atoms with van der Waals surface area (Å²) in [5.74, 6) is 1.15. The fourth-order valence-electron chi connectivity index (χ4n) is 4.14. The van der Waals surface area contributed by atoms with Crippen molar-refractivity contribution in [2.24, 2.45) is 11.8 Å². The summed E-state index contributed by atoms with van der Waals surface area (Å²) in [5.41, 5.74) is 1.91. The Morgan fingerprint density at radius 1 is 1.11 bits per heavy atom. The maximum atomic E-state index is 13.0. The zero-order valence-corrected chi connectivity index (χ0v) is 16.6. The van der Waals surface area contributed by atoms with Crippen molar-refractivity contribution in [2.45, 2.75) is 46.0 Å². The molecule has 2 aliphatic rings. The molecule has 2 fully saturated rings. The second-order valence-corrected chi connectivity index (χ2v) is 7.78. The number of amides is 1. The minimum absolute atomic E-state index is 0.000301. The van der Waals surface area contributed by atoms with Crippen LogP contribution in [-0.4, -0.2) is 60.0 Å². The minimum atomic E-state index is -0.156. The van der Waals surface area contributed by atoms with Gasteiger partial charge in [0.2, 0.25) is 11.9 Å². The summed E-state index contributed by atoms with van der Waals surface area (Å²) in [6, 6.07) is 1.97. The Hall–Kier alpha value is -2.18. The molecule has 7 heteroatoms. The predicted molar refractivity (Wildman–Crippen MR) is 102 cm³/mol. The molecule has 148 valence electrons.